The predicted molar refractivity (Wildman–Crippen MR) is 123 cm³/mol. The Morgan fingerprint density at radius 1 is 0.939 bits per heavy atom. The lowest BCUT2D eigenvalue weighted by Gasteiger charge is -2.37. The first-order chi connectivity index (χ1) is 15.7. The molecule has 2 aliphatic heterocycles. The van der Waals surface area contributed by atoms with Crippen LogP contribution in [0, 0.1) is 0 Å². The number of carbonyl (C=O) groups excluding carboxylic acids is 3. The number of hydrogen-bond acceptors (Lipinski definition) is 5. The van der Waals surface area contributed by atoms with Crippen molar-refractivity contribution in [1.29, 1.82) is 0 Å². The Balaban J connectivity index is 1.37. The molecule has 2 aromatic carbocycles. The second-order valence-corrected chi connectivity index (χ2v) is 10.4. The van der Waals surface area contributed by atoms with Gasteiger partial charge in [-0.2, -0.15) is 4.31 Å². The normalized spacial score (nSPS) is 21.2. The lowest BCUT2D eigenvalue weighted by Crippen LogP contribution is -2.47. The zero-order valence-electron chi connectivity index (χ0n) is 18.7. The smallest absolute Gasteiger partial charge is 0.261 e. The summed E-state index contributed by atoms with van der Waals surface area (Å²) >= 11 is 0. The number of carbonyl (C=O) groups is 3. The summed E-state index contributed by atoms with van der Waals surface area (Å²) < 4.78 is 27.8. The van der Waals surface area contributed by atoms with Gasteiger partial charge in [-0.05, 0) is 63.1 Å². The molecule has 3 amide bonds. The van der Waals surface area contributed by atoms with Gasteiger partial charge in [0, 0.05) is 30.7 Å². The van der Waals surface area contributed by atoms with Crippen LogP contribution in [0.2, 0.25) is 0 Å². The van der Waals surface area contributed by atoms with Crippen molar-refractivity contribution in [2.45, 2.75) is 56.5 Å². The van der Waals surface area contributed by atoms with E-state index in [0.29, 0.717) is 16.8 Å². The molecule has 2 atom stereocenters. The fourth-order valence-electron chi connectivity index (χ4n) is 4.58. The molecule has 33 heavy (non-hydrogen) atoms. The number of amides is 3. The minimum atomic E-state index is -3.63. The molecule has 2 heterocycles. The molecular formula is C24H27N3O5S. The molecule has 0 aromatic heterocycles. The molecule has 0 radical (unpaired) electrons. The molecule has 1 saturated heterocycles. The highest BCUT2D eigenvalue weighted by Gasteiger charge is 2.36. The van der Waals surface area contributed by atoms with E-state index < -0.39 is 21.8 Å². The van der Waals surface area contributed by atoms with Crippen LogP contribution in [0.3, 0.4) is 0 Å². The van der Waals surface area contributed by atoms with Crippen molar-refractivity contribution >= 4 is 33.4 Å². The molecule has 1 fully saturated rings. The van der Waals surface area contributed by atoms with Crippen LogP contribution in [0.4, 0.5) is 5.69 Å². The van der Waals surface area contributed by atoms with Gasteiger partial charge in [-0.3, -0.25) is 19.3 Å². The first kappa shape index (κ1) is 23.1. The molecule has 8 nitrogen and oxygen atoms in total. The third kappa shape index (κ3) is 4.43. The topological polar surface area (TPSA) is 104 Å². The summed E-state index contributed by atoms with van der Waals surface area (Å²) in [5.41, 5.74) is 1.13. The predicted octanol–water partition coefficient (Wildman–Crippen LogP) is 3.26. The molecule has 2 unspecified atom stereocenters. The second kappa shape index (κ2) is 9.07. The van der Waals surface area contributed by atoms with Crippen LogP contribution < -0.4 is 5.32 Å². The van der Waals surface area contributed by atoms with E-state index in [1.54, 1.807) is 40.7 Å². The number of rotatable bonds is 6. The number of nitrogens with zero attached hydrogens (tertiary/aromatic N) is 2. The third-order valence-electron chi connectivity index (χ3n) is 6.27. The average molecular weight is 470 g/mol. The molecule has 4 rings (SSSR count). The average Bonchev–Trinajstić information content (AvgIpc) is 3.02. The summed E-state index contributed by atoms with van der Waals surface area (Å²) in [4.78, 5) is 38.4. The summed E-state index contributed by atoms with van der Waals surface area (Å²) in [5, 5.41) is 2.70. The van der Waals surface area contributed by atoms with Gasteiger partial charge in [0.2, 0.25) is 15.9 Å². The zero-order valence-corrected chi connectivity index (χ0v) is 19.5. The molecule has 174 valence electrons. The second-order valence-electron chi connectivity index (χ2n) is 8.59. The van der Waals surface area contributed by atoms with E-state index in [1.165, 1.54) is 12.1 Å². The number of sulfonamides is 1. The molecule has 2 aromatic rings. The Morgan fingerprint density at radius 2 is 1.48 bits per heavy atom. The lowest BCUT2D eigenvalue weighted by molar-refractivity contribution is -0.116. The SMILES string of the molecule is CC1CCCC(C)N1S(=O)(=O)c1ccc(NC(=O)CCN2C(=O)c3ccccc3C2=O)cc1. The first-order valence-electron chi connectivity index (χ1n) is 11.1. The molecule has 2 aliphatic rings. The quantitative estimate of drug-likeness (QED) is 0.654. The van der Waals surface area contributed by atoms with Crippen molar-refractivity contribution in [3.63, 3.8) is 0 Å². The van der Waals surface area contributed by atoms with Gasteiger partial charge in [0.15, 0.2) is 0 Å². The number of benzene rings is 2. The van der Waals surface area contributed by atoms with E-state index in [0.717, 1.165) is 24.2 Å². The highest BCUT2D eigenvalue weighted by molar-refractivity contribution is 7.89. The summed E-state index contributed by atoms with van der Waals surface area (Å²) in [6.07, 6.45) is 2.63. The maximum Gasteiger partial charge on any atom is 0.261 e. The number of anilines is 1. The highest BCUT2D eigenvalue weighted by atomic mass is 32.2. The van der Waals surface area contributed by atoms with E-state index in [2.05, 4.69) is 5.32 Å². The first-order valence-corrected chi connectivity index (χ1v) is 12.5. The lowest BCUT2D eigenvalue weighted by atomic mass is 10.0. The standard InChI is InChI=1S/C24H27N3O5S/c1-16-6-5-7-17(2)27(16)33(31,32)19-12-10-18(11-13-19)25-22(28)14-15-26-23(29)20-8-3-4-9-21(20)24(26)30/h3-4,8-13,16-17H,5-7,14-15H2,1-2H3,(H,25,28). The molecule has 0 spiro atoms. The van der Waals surface area contributed by atoms with E-state index in [-0.39, 0.29) is 35.9 Å². The summed E-state index contributed by atoms with van der Waals surface area (Å²) in [6.45, 7) is 3.82. The van der Waals surface area contributed by atoms with E-state index in [9.17, 15) is 22.8 Å². The Bertz CT molecular complexity index is 1150. The Hall–Kier alpha value is -3.04. The van der Waals surface area contributed by atoms with Gasteiger partial charge in [-0.25, -0.2) is 8.42 Å². The Labute approximate surface area is 193 Å². The maximum atomic E-state index is 13.1. The Morgan fingerprint density at radius 3 is 2.03 bits per heavy atom. The largest absolute Gasteiger partial charge is 0.326 e. The van der Waals surface area contributed by atoms with Crippen LogP contribution in [-0.4, -0.2) is 54.0 Å². The van der Waals surface area contributed by atoms with Crippen molar-refractivity contribution in [3.8, 4) is 0 Å². The van der Waals surface area contributed by atoms with Gasteiger partial charge >= 0.3 is 0 Å². The summed E-state index contributed by atoms with van der Waals surface area (Å²) in [7, 11) is -3.63. The van der Waals surface area contributed by atoms with Crippen molar-refractivity contribution in [2.75, 3.05) is 11.9 Å². The molecular weight excluding hydrogens is 442 g/mol. The minimum absolute atomic E-state index is 0.0324. The number of fused-ring (bicyclic) bond motifs is 1. The maximum absolute atomic E-state index is 13.1. The molecule has 0 aliphatic carbocycles. The van der Waals surface area contributed by atoms with Crippen LogP contribution in [0.25, 0.3) is 0 Å². The molecule has 9 heteroatoms. The van der Waals surface area contributed by atoms with Crippen LogP contribution in [0.1, 0.15) is 60.2 Å². The summed E-state index contributed by atoms with van der Waals surface area (Å²) in [6, 6.07) is 12.5. The van der Waals surface area contributed by atoms with Crippen molar-refractivity contribution in [2.24, 2.45) is 0 Å². The molecule has 0 saturated carbocycles. The number of nitrogens with one attached hydrogen (secondary N) is 1. The molecule has 0 bridgehead atoms. The highest BCUT2D eigenvalue weighted by Crippen LogP contribution is 2.30. The van der Waals surface area contributed by atoms with Gasteiger partial charge in [0.1, 0.15) is 0 Å². The molecule has 1 N–H and O–H groups in total. The van der Waals surface area contributed by atoms with Gasteiger partial charge < -0.3 is 5.32 Å². The van der Waals surface area contributed by atoms with E-state index >= 15 is 0 Å². The number of imide groups is 1. The van der Waals surface area contributed by atoms with E-state index in [4.69, 9.17) is 0 Å². The third-order valence-corrected chi connectivity index (χ3v) is 8.41. The van der Waals surface area contributed by atoms with Gasteiger partial charge in [-0.1, -0.05) is 18.6 Å². The van der Waals surface area contributed by atoms with Crippen molar-refractivity contribution in [1.82, 2.24) is 9.21 Å². The van der Waals surface area contributed by atoms with E-state index in [1.807, 2.05) is 13.8 Å². The fourth-order valence-corrected chi connectivity index (χ4v) is 6.46. The minimum Gasteiger partial charge on any atom is -0.326 e. The van der Waals surface area contributed by atoms with Gasteiger partial charge in [0.25, 0.3) is 11.8 Å². The number of hydrogen-bond donors (Lipinski definition) is 1. The van der Waals surface area contributed by atoms with Crippen LogP contribution in [0.15, 0.2) is 53.4 Å². The van der Waals surface area contributed by atoms with Gasteiger partial charge in [0.05, 0.1) is 16.0 Å². The zero-order chi connectivity index (χ0) is 23.8. The van der Waals surface area contributed by atoms with Crippen molar-refractivity contribution in [3.05, 3.63) is 59.7 Å². The summed E-state index contributed by atoms with van der Waals surface area (Å²) in [5.74, 6) is -1.18. The van der Waals surface area contributed by atoms with Gasteiger partial charge in [-0.15, -0.1) is 0 Å². The van der Waals surface area contributed by atoms with Crippen molar-refractivity contribution < 1.29 is 22.8 Å². The van der Waals surface area contributed by atoms with Crippen LogP contribution >= 0.6 is 0 Å². The van der Waals surface area contributed by atoms with Crippen LogP contribution in [-0.2, 0) is 14.8 Å². The monoisotopic (exact) mass is 469 g/mol. The number of piperidine rings is 1. The van der Waals surface area contributed by atoms with Crippen LogP contribution in [0.5, 0.6) is 0 Å². The fraction of sp³-hybridized carbons (Fsp3) is 0.375. The Kier molecular flexibility index (Phi) is 6.36.